The van der Waals surface area contributed by atoms with Gasteiger partial charge in [0, 0.05) is 0 Å². The molecule has 0 aliphatic heterocycles. The van der Waals surface area contributed by atoms with Crippen LogP contribution in [0.1, 0.15) is 17.3 Å². The zero-order chi connectivity index (χ0) is 8.97. The van der Waals surface area contributed by atoms with E-state index >= 15 is 0 Å². The second kappa shape index (κ2) is 4.12. The molecule has 64 valence electrons. The first-order valence-corrected chi connectivity index (χ1v) is 4.08. The molecule has 0 radical (unpaired) electrons. The lowest BCUT2D eigenvalue weighted by Gasteiger charge is -2.05. The average Bonchev–Trinajstić information content (AvgIpc) is 2.05. The van der Waals surface area contributed by atoms with E-state index in [0.717, 1.165) is 0 Å². The predicted molar refractivity (Wildman–Crippen MR) is 47.8 cm³/mol. The smallest absolute Gasteiger partial charge is 0.163 e. The highest BCUT2D eigenvalue weighted by Gasteiger charge is 2.05. The molecule has 1 aromatic rings. The number of carbonyl (C=O) groups excluding carboxylic acids is 1. The van der Waals surface area contributed by atoms with Crippen LogP contribution in [0.15, 0.2) is 24.3 Å². The molecule has 0 atom stereocenters. The molecule has 12 heavy (non-hydrogen) atoms. The number of para-hydroxylation sites is 1. The van der Waals surface area contributed by atoms with E-state index in [9.17, 15) is 4.79 Å². The number of carbonyl (C=O) groups is 1. The van der Waals surface area contributed by atoms with E-state index in [1.807, 2.05) is 0 Å². The van der Waals surface area contributed by atoms with Gasteiger partial charge < -0.3 is 4.74 Å². The van der Waals surface area contributed by atoms with Crippen LogP contribution < -0.4 is 4.74 Å². The summed E-state index contributed by atoms with van der Waals surface area (Å²) in [4.78, 5) is 11.0. The Morgan fingerprint density at radius 1 is 1.50 bits per heavy atom. The third-order valence-corrected chi connectivity index (χ3v) is 1.59. The lowest BCUT2D eigenvalue weighted by molar-refractivity contribution is 0.101. The molecular formula is C9H9ClO2. The van der Waals surface area contributed by atoms with Gasteiger partial charge in [-0.1, -0.05) is 23.7 Å². The SMILES string of the molecule is CC(=O)c1ccccc1OCCl. The normalized spacial score (nSPS) is 9.50. The molecule has 0 saturated carbocycles. The lowest BCUT2D eigenvalue weighted by Crippen LogP contribution is -1.98. The summed E-state index contributed by atoms with van der Waals surface area (Å²) in [6.45, 7) is 1.50. The van der Waals surface area contributed by atoms with Crippen molar-refractivity contribution < 1.29 is 9.53 Å². The maximum atomic E-state index is 11.0. The topological polar surface area (TPSA) is 26.3 Å². The number of rotatable bonds is 3. The van der Waals surface area contributed by atoms with Gasteiger partial charge in [-0.2, -0.15) is 0 Å². The summed E-state index contributed by atoms with van der Waals surface area (Å²) in [5.74, 6) is 0.524. The lowest BCUT2D eigenvalue weighted by atomic mass is 10.1. The molecule has 1 aromatic carbocycles. The molecule has 0 amide bonds. The Labute approximate surface area is 76.1 Å². The minimum atomic E-state index is -0.0179. The Balaban J connectivity index is 3.00. The number of ether oxygens (including phenoxy) is 1. The van der Waals surface area contributed by atoms with Crippen LogP contribution in [0.2, 0.25) is 0 Å². The fourth-order valence-electron chi connectivity index (χ4n) is 0.942. The van der Waals surface area contributed by atoms with Crippen molar-refractivity contribution in [2.45, 2.75) is 6.92 Å². The van der Waals surface area contributed by atoms with E-state index in [4.69, 9.17) is 16.3 Å². The monoisotopic (exact) mass is 184 g/mol. The molecule has 0 aromatic heterocycles. The van der Waals surface area contributed by atoms with Crippen LogP contribution in [0.5, 0.6) is 5.75 Å². The molecule has 1 rings (SSSR count). The van der Waals surface area contributed by atoms with E-state index in [-0.39, 0.29) is 11.8 Å². The summed E-state index contributed by atoms with van der Waals surface area (Å²) >= 11 is 5.38. The van der Waals surface area contributed by atoms with Crippen LogP contribution in [0.25, 0.3) is 0 Å². The minimum Gasteiger partial charge on any atom is -0.477 e. The fraction of sp³-hybridized carbons (Fsp3) is 0.222. The molecule has 0 fully saturated rings. The zero-order valence-electron chi connectivity index (χ0n) is 6.71. The summed E-state index contributed by atoms with van der Waals surface area (Å²) in [6, 6.07) is 7.08. The summed E-state index contributed by atoms with van der Waals surface area (Å²) in [5.41, 5.74) is 0.568. The first-order valence-electron chi connectivity index (χ1n) is 3.54. The molecule has 3 heteroatoms. The molecule has 0 heterocycles. The summed E-state index contributed by atoms with van der Waals surface area (Å²) < 4.78 is 5.04. The standard InChI is InChI=1S/C9H9ClO2/c1-7(11)8-4-2-3-5-9(8)12-6-10/h2-5H,6H2,1H3. The largest absolute Gasteiger partial charge is 0.477 e. The number of ketones is 1. The molecule has 0 N–H and O–H groups in total. The van der Waals surface area contributed by atoms with Crippen molar-refractivity contribution in [1.82, 2.24) is 0 Å². The van der Waals surface area contributed by atoms with Crippen molar-refractivity contribution in [1.29, 1.82) is 0 Å². The second-order valence-electron chi connectivity index (χ2n) is 2.31. The third kappa shape index (κ3) is 1.98. The first-order chi connectivity index (χ1) is 5.75. The summed E-state index contributed by atoms with van der Waals surface area (Å²) in [6.07, 6.45) is 0. The highest BCUT2D eigenvalue weighted by atomic mass is 35.5. The summed E-state index contributed by atoms with van der Waals surface area (Å²) in [5, 5.41) is 0. The molecular weight excluding hydrogens is 176 g/mol. The average molecular weight is 185 g/mol. The molecule has 0 aliphatic rings. The van der Waals surface area contributed by atoms with Gasteiger partial charge in [-0.3, -0.25) is 4.79 Å². The van der Waals surface area contributed by atoms with Gasteiger partial charge in [0.2, 0.25) is 0 Å². The molecule has 0 unspecified atom stereocenters. The highest BCUT2D eigenvalue weighted by molar-refractivity contribution is 6.17. The van der Waals surface area contributed by atoms with Crippen molar-refractivity contribution in [3.8, 4) is 5.75 Å². The molecule has 0 spiro atoms. The fourth-order valence-corrected chi connectivity index (χ4v) is 1.06. The van der Waals surface area contributed by atoms with Gasteiger partial charge in [-0.05, 0) is 19.1 Å². The van der Waals surface area contributed by atoms with Gasteiger partial charge in [0.15, 0.2) is 11.8 Å². The van der Waals surface area contributed by atoms with Crippen molar-refractivity contribution in [2.75, 3.05) is 6.07 Å². The molecule has 0 saturated heterocycles. The number of halogens is 1. The maximum Gasteiger partial charge on any atom is 0.163 e. The van der Waals surface area contributed by atoms with E-state index in [1.165, 1.54) is 6.92 Å². The Morgan fingerprint density at radius 3 is 2.75 bits per heavy atom. The highest BCUT2D eigenvalue weighted by Crippen LogP contribution is 2.18. The molecule has 2 nitrogen and oxygen atoms in total. The van der Waals surface area contributed by atoms with Gasteiger partial charge in [0.1, 0.15) is 5.75 Å². The third-order valence-electron chi connectivity index (χ3n) is 1.48. The van der Waals surface area contributed by atoms with Crippen molar-refractivity contribution in [3.05, 3.63) is 29.8 Å². The number of hydrogen-bond acceptors (Lipinski definition) is 2. The minimum absolute atomic E-state index is 0.0179. The van der Waals surface area contributed by atoms with E-state index < -0.39 is 0 Å². The van der Waals surface area contributed by atoms with E-state index in [1.54, 1.807) is 24.3 Å². The van der Waals surface area contributed by atoms with Crippen LogP contribution in [-0.4, -0.2) is 11.8 Å². The number of benzene rings is 1. The van der Waals surface area contributed by atoms with Crippen LogP contribution in [-0.2, 0) is 0 Å². The quantitative estimate of drug-likeness (QED) is 0.533. The Kier molecular flexibility index (Phi) is 3.11. The number of alkyl halides is 1. The Bertz CT molecular complexity index is 284. The van der Waals surface area contributed by atoms with E-state index in [0.29, 0.717) is 11.3 Å². The first kappa shape index (κ1) is 9.07. The van der Waals surface area contributed by atoms with E-state index in [2.05, 4.69) is 0 Å². The second-order valence-corrected chi connectivity index (χ2v) is 2.52. The zero-order valence-corrected chi connectivity index (χ0v) is 7.47. The predicted octanol–water partition coefficient (Wildman–Crippen LogP) is 2.46. The van der Waals surface area contributed by atoms with Crippen molar-refractivity contribution in [2.24, 2.45) is 0 Å². The van der Waals surface area contributed by atoms with Crippen LogP contribution in [0.3, 0.4) is 0 Å². The van der Waals surface area contributed by atoms with Gasteiger partial charge in [0.25, 0.3) is 0 Å². The van der Waals surface area contributed by atoms with Gasteiger partial charge in [-0.15, -0.1) is 0 Å². The van der Waals surface area contributed by atoms with Gasteiger partial charge in [0.05, 0.1) is 5.56 Å². The number of hydrogen-bond donors (Lipinski definition) is 0. The Hall–Kier alpha value is -1.02. The number of Topliss-reactive ketones (excluding diaryl/α,β-unsaturated/α-hetero) is 1. The van der Waals surface area contributed by atoms with Crippen LogP contribution in [0, 0.1) is 0 Å². The molecule has 0 aliphatic carbocycles. The maximum absolute atomic E-state index is 11.0. The molecule has 0 bridgehead atoms. The van der Waals surface area contributed by atoms with Crippen LogP contribution >= 0.6 is 11.6 Å². The van der Waals surface area contributed by atoms with Crippen molar-refractivity contribution >= 4 is 17.4 Å². The van der Waals surface area contributed by atoms with Crippen molar-refractivity contribution in [3.63, 3.8) is 0 Å². The van der Waals surface area contributed by atoms with Gasteiger partial charge in [-0.25, -0.2) is 0 Å². The summed E-state index contributed by atoms with van der Waals surface area (Å²) in [7, 11) is 0. The van der Waals surface area contributed by atoms with Crippen LogP contribution in [0.4, 0.5) is 0 Å². The van der Waals surface area contributed by atoms with Gasteiger partial charge >= 0.3 is 0 Å². The Morgan fingerprint density at radius 2 is 2.17 bits per heavy atom.